The number of carbonyl (C=O) groups is 1. The molecule has 0 unspecified atom stereocenters. The summed E-state index contributed by atoms with van der Waals surface area (Å²) < 4.78 is 0. The first-order valence-corrected chi connectivity index (χ1v) is 7.85. The first-order valence-electron chi connectivity index (χ1n) is 7.85. The van der Waals surface area contributed by atoms with E-state index in [1.807, 2.05) is 0 Å². The summed E-state index contributed by atoms with van der Waals surface area (Å²) in [6, 6.07) is 1.43. The molecular weight excluding hydrogens is 264 g/mol. The van der Waals surface area contributed by atoms with E-state index in [1.165, 1.54) is 12.5 Å². The van der Waals surface area contributed by atoms with Crippen LogP contribution in [0.5, 0.6) is 11.5 Å². The number of hydrogen-bond acceptors (Lipinski definition) is 3. The van der Waals surface area contributed by atoms with Crippen LogP contribution in [0.15, 0.2) is 6.07 Å². The van der Waals surface area contributed by atoms with Crippen molar-refractivity contribution in [2.45, 2.75) is 58.3 Å². The second kappa shape index (κ2) is 4.49. The second-order valence-corrected chi connectivity index (χ2v) is 7.66. The van der Waals surface area contributed by atoms with Gasteiger partial charge in [0.05, 0.1) is 5.56 Å². The lowest BCUT2D eigenvalue weighted by molar-refractivity contribution is 0.0387. The zero-order valence-corrected chi connectivity index (χ0v) is 13.1. The summed E-state index contributed by atoms with van der Waals surface area (Å²) >= 11 is 0. The van der Waals surface area contributed by atoms with Crippen LogP contribution in [0.3, 0.4) is 0 Å². The third-order valence-electron chi connectivity index (χ3n) is 6.02. The van der Waals surface area contributed by atoms with Crippen molar-refractivity contribution in [2.24, 2.45) is 11.3 Å². The number of phenolic OH excluding ortho intramolecular Hbond substituents is 2. The van der Waals surface area contributed by atoms with Crippen molar-refractivity contribution in [1.82, 2.24) is 0 Å². The molecule has 1 aromatic carbocycles. The van der Waals surface area contributed by atoms with Gasteiger partial charge in [0.25, 0.3) is 0 Å². The molecule has 0 radical (unpaired) electrons. The Kier molecular flexibility index (Phi) is 3.09. The van der Waals surface area contributed by atoms with E-state index < -0.39 is 0 Å². The number of aldehydes is 1. The average molecular weight is 288 g/mol. The molecule has 1 aromatic rings. The Balaban J connectivity index is 2.23. The Morgan fingerprint density at radius 1 is 1.24 bits per heavy atom. The standard InChI is InChI=1S/C18H24O3/c1-17(2)7-4-8-18(3)14(17)6-5-12-15(18)13(20)9-11(10-19)16(12)21/h9-10,14,20-21H,4-8H2,1-3H3/t14-,18+/m0/s1. The highest BCUT2D eigenvalue weighted by Crippen LogP contribution is 2.59. The zero-order chi connectivity index (χ0) is 15.4. The molecule has 2 aliphatic rings. The number of hydrogen-bond donors (Lipinski definition) is 2. The minimum absolute atomic E-state index is 0.0702. The maximum Gasteiger partial charge on any atom is 0.153 e. The van der Waals surface area contributed by atoms with Gasteiger partial charge in [-0.2, -0.15) is 0 Å². The monoisotopic (exact) mass is 288 g/mol. The fraction of sp³-hybridized carbons (Fsp3) is 0.611. The fourth-order valence-corrected chi connectivity index (χ4v) is 5.12. The van der Waals surface area contributed by atoms with E-state index in [0.717, 1.165) is 36.8 Å². The van der Waals surface area contributed by atoms with Gasteiger partial charge in [0.15, 0.2) is 6.29 Å². The maximum atomic E-state index is 11.1. The summed E-state index contributed by atoms with van der Waals surface area (Å²) in [5.74, 6) is 0.745. The van der Waals surface area contributed by atoms with Gasteiger partial charge in [0.1, 0.15) is 11.5 Å². The number of carbonyl (C=O) groups excluding carboxylic acids is 1. The summed E-state index contributed by atoms with van der Waals surface area (Å²) in [5.41, 5.74) is 2.00. The maximum absolute atomic E-state index is 11.1. The van der Waals surface area contributed by atoms with E-state index in [1.54, 1.807) is 0 Å². The first-order chi connectivity index (χ1) is 9.81. The van der Waals surface area contributed by atoms with Gasteiger partial charge in [-0.25, -0.2) is 0 Å². The van der Waals surface area contributed by atoms with Gasteiger partial charge in [-0.3, -0.25) is 4.79 Å². The summed E-state index contributed by atoms with van der Waals surface area (Å²) in [4.78, 5) is 11.1. The lowest BCUT2D eigenvalue weighted by Gasteiger charge is -2.54. The predicted octanol–water partition coefficient (Wildman–Crippen LogP) is 3.94. The lowest BCUT2D eigenvalue weighted by Crippen LogP contribution is -2.47. The van der Waals surface area contributed by atoms with Crippen molar-refractivity contribution in [1.29, 1.82) is 0 Å². The molecule has 2 N–H and O–H groups in total. The molecule has 0 aliphatic heterocycles. The largest absolute Gasteiger partial charge is 0.508 e. The Hall–Kier alpha value is -1.51. The smallest absolute Gasteiger partial charge is 0.153 e. The van der Waals surface area contributed by atoms with Crippen LogP contribution < -0.4 is 0 Å². The Morgan fingerprint density at radius 2 is 1.95 bits per heavy atom. The Labute approximate surface area is 126 Å². The van der Waals surface area contributed by atoms with Crippen LogP contribution in [0.4, 0.5) is 0 Å². The van der Waals surface area contributed by atoms with E-state index in [4.69, 9.17) is 0 Å². The van der Waals surface area contributed by atoms with E-state index >= 15 is 0 Å². The molecule has 0 spiro atoms. The van der Waals surface area contributed by atoms with Crippen molar-refractivity contribution in [3.8, 4) is 11.5 Å². The molecule has 0 amide bonds. The Morgan fingerprint density at radius 3 is 2.62 bits per heavy atom. The summed E-state index contributed by atoms with van der Waals surface area (Å²) in [6.45, 7) is 6.85. The van der Waals surface area contributed by atoms with Crippen molar-refractivity contribution >= 4 is 6.29 Å². The second-order valence-electron chi connectivity index (χ2n) is 7.66. The minimum atomic E-state index is -0.113. The molecule has 1 saturated carbocycles. The van der Waals surface area contributed by atoms with Gasteiger partial charge in [0, 0.05) is 11.1 Å². The van der Waals surface area contributed by atoms with Crippen LogP contribution in [0.2, 0.25) is 0 Å². The SMILES string of the molecule is CC1(C)CCC[C@@]2(C)c3c(O)cc(C=O)c(O)c3CC[C@@H]12. The quantitative estimate of drug-likeness (QED) is 0.608. The van der Waals surface area contributed by atoms with Gasteiger partial charge in [0.2, 0.25) is 0 Å². The minimum Gasteiger partial charge on any atom is -0.508 e. The molecule has 2 aliphatic carbocycles. The lowest BCUT2D eigenvalue weighted by atomic mass is 9.50. The topological polar surface area (TPSA) is 57.5 Å². The van der Waals surface area contributed by atoms with E-state index in [9.17, 15) is 15.0 Å². The molecule has 2 atom stereocenters. The molecule has 114 valence electrons. The van der Waals surface area contributed by atoms with Crippen LogP contribution in [-0.2, 0) is 11.8 Å². The molecule has 0 heterocycles. The number of rotatable bonds is 1. The first kappa shape index (κ1) is 14.4. The third kappa shape index (κ3) is 1.90. The predicted molar refractivity (Wildman–Crippen MR) is 82.0 cm³/mol. The van der Waals surface area contributed by atoms with E-state index in [2.05, 4.69) is 20.8 Å². The molecule has 0 saturated heterocycles. The highest BCUT2D eigenvalue weighted by atomic mass is 16.3. The molecular formula is C18H24O3. The molecule has 0 aromatic heterocycles. The van der Waals surface area contributed by atoms with Gasteiger partial charge >= 0.3 is 0 Å². The van der Waals surface area contributed by atoms with Crippen LogP contribution in [0.1, 0.15) is 67.9 Å². The van der Waals surface area contributed by atoms with Crippen LogP contribution >= 0.6 is 0 Å². The molecule has 3 heteroatoms. The van der Waals surface area contributed by atoms with Crippen molar-refractivity contribution in [3.63, 3.8) is 0 Å². The highest BCUT2D eigenvalue weighted by molar-refractivity contribution is 5.82. The molecule has 1 fully saturated rings. The van der Waals surface area contributed by atoms with Crippen molar-refractivity contribution in [3.05, 3.63) is 22.8 Å². The van der Waals surface area contributed by atoms with Crippen LogP contribution in [0.25, 0.3) is 0 Å². The fourth-order valence-electron chi connectivity index (χ4n) is 5.12. The number of fused-ring (bicyclic) bond motifs is 3. The van der Waals surface area contributed by atoms with Crippen LogP contribution in [-0.4, -0.2) is 16.5 Å². The summed E-state index contributed by atoms with van der Waals surface area (Å²) in [7, 11) is 0. The van der Waals surface area contributed by atoms with E-state index in [-0.39, 0.29) is 27.9 Å². The average Bonchev–Trinajstić information content (AvgIpc) is 2.40. The highest BCUT2D eigenvalue weighted by Gasteiger charge is 2.51. The Bertz CT molecular complexity index is 603. The normalized spacial score (nSPS) is 30.3. The number of aromatic hydroxyl groups is 2. The number of phenols is 2. The summed E-state index contributed by atoms with van der Waals surface area (Å²) in [5, 5.41) is 20.8. The van der Waals surface area contributed by atoms with Gasteiger partial charge in [-0.15, -0.1) is 0 Å². The van der Waals surface area contributed by atoms with E-state index in [0.29, 0.717) is 12.2 Å². The number of benzene rings is 1. The molecule has 3 rings (SSSR count). The third-order valence-corrected chi connectivity index (χ3v) is 6.02. The summed E-state index contributed by atoms with van der Waals surface area (Å²) in [6.07, 6.45) is 5.73. The van der Waals surface area contributed by atoms with Gasteiger partial charge < -0.3 is 10.2 Å². The molecule has 0 bridgehead atoms. The van der Waals surface area contributed by atoms with Crippen molar-refractivity contribution < 1.29 is 15.0 Å². The van der Waals surface area contributed by atoms with Gasteiger partial charge in [-0.1, -0.05) is 27.2 Å². The molecule has 3 nitrogen and oxygen atoms in total. The van der Waals surface area contributed by atoms with Crippen molar-refractivity contribution in [2.75, 3.05) is 0 Å². The van der Waals surface area contributed by atoms with Crippen LogP contribution in [0, 0.1) is 11.3 Å². The zero-order valence-electron chi connectivity index (χ0n) is 13.1. The van der Waals surface area contributed by atoms with Gasteiger partial charge in [-0.05, 0) is 48.5 Å². The molecule has 21 heavy (non-hydrogen) atoms.